The maximum atomic E-state index is 13.2. The molecule has 2 saturated heterocycles. The number of fused-ring (bicyclic) bond motifs is 1. The van der Waals surface area contributed by atoms with Crippen molar-refractivity contribution in [3.05, 3.63) is 65.5 Å². The highest BCUT2D eigenvalue weighted by Crippen LogP contribution is 2.45. The molecule has 8 nitrogen and oxygen atoms in total. The van der Waals surface area contributed by atoms with Gasteiger partial charge in [-0.2, -0.15) is 0 Å². The number of aryl methyl sites for hydroxylation is 1. The summed E-state index contributed by atoms with van der Waals surface area (Å²) in [5, 5.41) is 0. The van der Waals surface area contributed by atoms with Crippen LogP contribution < -0.4 is 4.74 Å². The highest BCUT2D eigenvalue weighted by Gasteiger charge is 2.57. The molecule has 2 fully saturated rings. The lowest BCUT2D eigenvalue weighted by atomic mass is 9.76. The number of hydrogen-bond donors (Lipinski definition) is 0. The van der Waals surface area contributed by atoms with Crippen LogP contribution in [0.1, 0.15) is 36.2 Å². The van der Waals surface area contributed by atoms with E-state index < -0.39 is 11.5 Å². The number of carbonyl (C=O) groups is 2. The summed E-state index contributed by atoms with van der Waals surface area (Å²) in [6.07, 6.45) is 1.58. The average Bonchev–Trinajstić information content (AvgIpc) is 3.16. The Balaban J connectivity index is 1.37. The smallest absolute Gasteiger partial charge is 0.311 e. The van der Waals surface area contributed by atoms with Gasteiger partial charge in [0.25, 0.3) is 0 Å². The van der Waals surface area contributed by atoms with Gasteiger partial charge in [0, 0.05) is 32.6 Å². The first-order chi connectivity index (χ1) is 17.4. The summed E-state index contributed by atoms with van der Waals surface area (Å²) in [6, 6.07) is 15.7. The molecular formula is C28H32N4O4. The number of benzene rings is 2. The predicted molar refractivity (Wildman–Crippen MR) is 135 cm³/mol. The van der Waals surface area contributed by atoms with Crippen molar-refractivity contribution >= 4 is 22.9 Å². The van der Waals surface area contributed by atoms with Crippen molar-refractivity contribution in [2.45, 2.75) is 44.8 Å². The molecule has 0 aliphatic carbocycles. The normalized spacial score (nSPS) is 19.7. The second-order valence-electron chi connectivity index (χ2n) is 9.74. The second kappa shape index (κ2) is 9.85. The molecule has 0 radical (unpaired) electrons. The zero-order valence-corrected chi connectivity index (χ0v) is 21.1. The van der Waals surface area contributed by atoms with E-state index in [4.69, 9.17) is 19.4 Å². The Kier molecular flexibility index (Phi) is 6.62. The first-order valence-corrected chi connectivity index (χ1v) is 12.4. The molecule has 3 aromatic rings. The number of amides is 1. The van der Waals surface area contributed by atoms with Crippen molar-refractivity contribution in [3.8, 4) is 5.75 Å². The standard InChI is InChI=1S/C28H32N4O4/c1-19-25(30-24-10-5-4-9-23(24)29-19)18-31-13-11-28(12-14-31)22(27(34)36-3)16-26(33)32(28)17-20-7-6-8-21(15-20)35-2/h4-10,15,22H,11-14,16-18H2,1-3H3. The Bertz CT molecular complexity index is 1290. The van der Waals surface area contributed by atoms with Gasteiger partial charge in [-0.15, -0.1) is 0 Å². The van der Waals surface area contributed by atoms with Crippen LogP contribution in [0.2, 0.25) is 0 Å². The van der Waals surface area contributed by atoms with Gasteiger partial charge in [-0.3, -0.25) is 14.5 Å². The van der Waals surface area contributed by atoms with E-state index in [-0.39, 0.29) is 18.3 Å². The third-order valence-electron chi connectivity index (χ3n) is 7.76. The van der Waals surface area contributed by atoms with Gasteiger partial charge in [0.05, 0.1) is 48.1 Å². The summed E-state index contributed by atoms with van der Waals surface area (Å²) >= 11 is 0. The van der Waals surface area contributed by atoms with E-state index in [9.17, 15) is 9.59 Å². The number of nitrogens with zero attached hydrogens (tertiary/aromatic N) is 4. The molecule has 1 atom stereocenters. The molecule has 2 aliphatic rings. The molecule has 188 valence electrons. The number of esters is 1. The number of likely N-dealkylation sites (tertiary alicyclic amines) is 2. The summed E-state index contributed by atoms with van der Waals surface area (Å²) < 4.78 is 10.5. The molecule has 0 N–H and O–H groups in total. The fourth-order valence-corrected chi connectivity index (χ4v) is 5.76. The predicted octanol–water partition coefficient (Wildman–Crippen LogP) is 3.50. The molecular weight excluding hydrogens is 456 g/mol. The van der Waals surface area contributed by atoms with Crippen molar-refractivity contribution in [3.63, 3.8) is 0 Å². The van der Waals surface area contributed by atoms with Gasteiger partial charge in [-0.05, 0) is 49.6 Å². The van der Waals surface area contributed by atoms with Crippen LogP contribution in [0.3, 0.4) is 0 Å². The lowest BCUT2D eigenvalue weighted by Crippen LogP contribution is -2.57. The number of carbonyl (C=O) groups excluding carboxylic acids is 2. The third-order valence-corrected chi connectivity index (χ3v) is 7.76. The highest BCUT2D eigenvalue weighted by atomic mass is 16.5. The summed E-state index contributed by atoms with van der Waals surface area (Å²) in [4.78, 5) is 39.9. The van der Waals surface area contributed by atoms with Gasteiger partial charge < -0.3 is 14.4 Å². The number of hydrogen-bond acceptors (Lipinski definition) is 7. The van der Waals surface area contributed by atoms with Crippen LogP contribution in [-0.4, -0.2) is 64.5 Å². The summed E-state index contributed by atoms with van der Waals surface area (Å²) in [7, 11) is 3.04. The Morgan fingerprint density at radius 2 is 1.75 bits per heavy atom. The van der Waals surface area contributed by atoms with Gasteiger partial charge in [0.1, 0.15) is 5.75 Å². The van der Waals surface area contributed by atoms with E-state index in [0.29, 0.717) is 25.9 Å². The van der Waals surface area contributed by atoms with Crippen molar-refractivity contribution in [1.82, 2.24) is 19.8 Å². The maximum absolute atomic E-state index is 13.2. The van der Waals surface area contributed by atoms with E-state index in [0.717, 1.165) is 46.8 Å². The average molecular weight is 489 g/mol. The van der Waals surface area contributed by atoms with E-state index in [1.165, 1.54) is 7.11 Å². The van der Waals surface area contributed by atoms with Crippen molar-refractivity contribution in [2.24, 2.45) is 5.92 Å². The zero-order chi connectivity index (χ0) is 25.3. The molecule has 3 heterocycles. The molecule has 2 aliphatic heterocycles. The van der Waals surface area contributed by atoms with Crippen LogP contribution in [0.4, 0.5) is 0 Å². The van der Waals surface area contributed by atoms with Gasteiger partial charge in [-0.25, -0.2) is 9.97 Å². The molecule has 0 saturated carbocycles. The Morgan fingerprint density at radius 3 is 2.44 bits per heavy atom. The van der Waals surface area contributed by atoms with Crippen molar-refractivity contribution in [2.75, 3.05) is 27.3 Å². The van der Waals surface area contributed by atoms with Gasteiger partial charge >= 0.3 is 5.97 Å². The maximum Gasteiger partial charge on any atom is 0.311 e. The number of methoxy groups -OCH3 is 2. The van der Waals surface area contributed by atoms with Crippen molar-refractivity contribution in [1.29, 1.82) is 0 Å². The van der Waals surface area contributed by atoms with E-state index in [1.807, 2.05) is 60.4 Å². The molecule has 36 heavy (non-hydrogen) atoms. The Labute approximate surface area is 211 Å². The minimum Gasteiger partial charge on any atom is -0.497 e. The molecule has 1 spiro atoms. The number of ether oxygens (including phenoxy) is 2. The molecule has 1 amide bonds. The zero-order valence-electron chi connectivity index (χ0n) is 21.1. The first-order valence-electron chi connectivity index (χ1n) is 12.4. The molecule has 1 aromatic heterocycles. The number of piperidine rings is 1. The van der Waals surface area contributed by atoms with Crippen LogP contribution in [0.5, 0.6) is 5.75 Å². The summed E-state index contributed by atoms with van der Waals surface area (Å²) in [5.74, 6) is -0.0246. The second-order valence-corrected chi connectivity index (χ2v) is 9.74. The van der Waals surface area contributed by atoms with Crippen molar-refractivity contribution < 1.29 is 19.1 Å². The summed E-state index contributed by atoms with van der Waals surface area (Å²) in [6.45, 7) is 4.64. The van der Waals surface area contributed by atoms with Crippen LogP contribution in [0.25, 0.3) is 11.0 Å². The minimum absolute atomic E-state index is 0.00193. The summed E-state index contributed by atoms with van der Waals surface area (Å²) in [5.41, 5.74) is 4.10. The van der Waals surface area contributed by atoms with Gasteiger partial charge in [0.2, 0.25) is 5.91 Å². The van der Waals surface area contributed by atoms with Crippen LogP contribution in [0.15, 0.2) is 48.5 Å². The van der Waals surface area contributed by atoms with Crippen LogP contribution >= 0.6 is 0 Å². The first kappa shape index (κ1) is 24.2. The molecule has 5 rings (SSSR count). The molecule has 0 bridgehead atoms. The number of aromatic nitrogens is 2. The SMILES string of the molecule is COC(=O)C1CC(=O)N(Cc2cccc(OC)c2)C12CCN(Cc1nc3ccccc3nc1C)CC2. The molecule has 2 aromatic carbocycles. The van der Waals surface area contributed by atoms with E-state index >= 15 is 0 Å². The topological polar surface area (TPSA) is 84.9 Å². The van der Waals surface area contributed by atoms with E-state index in [2.05, 4.69) is 4.90 Å². The lowest BCUT2D eigenvalue weighted by molar-refractivity contribution is -0.150. The minimum atomic E-state index is -0.562. The number of rotatable bonds is 6. The Morgan fingerprint density at radius 1 is 1.03 bits per heavy atom. The quantitative estimate of drug-likeness (QED) is 0.491. The number of para-hydroxylation sites is 2. The highest BCUT2D eigenvalue weighted by molar-refractivity contribution is 5.89. The van der Waals surface area contributed by atoms with Gasteiger partial charge in [-0.1, -0.05) is 24.3 Å². The fraction of sp³-hybridized carbons (Fsp3) is 0.429. The van der Waals surface area contributed by atoms with Crippen LogP contribution in [0, 0.1) is 12.8 Å². The van der Waals surface area contributed by atoms with E-state index in [1.54, 1.807) is 7.11 Å². The molecule has 1 unspecified atom stereocenters. The van der Waals surface area contributed by atoms with Gasteiger partial charge in [0.15, 0.2) is 0 Å². The monoisotopic (exact) mass is 488 g/mol. The largest absolute Gasteiger partial charge is 0.497 e. The fourth-order valence-electron chi connectivity index (χ4n) is 5.76. The lowest BCUT2D eigenvalue weighted by Gasteiger charge is -2.47. The molecule has 8 heteroatoms. The Hall–Kier alpha value is -3.52. The third kappa shape index (κ3) is 4.41. The van der Waals surface area contributed by atoms with Crippen LogP contribution in [-0.2, 0) is 27.4 Å².